The Kier molecular flexibility index (Phi) is 3.57. The van der Waals surface area contributed by atoms with Gasteiger partial charge in [-0.2, -0.15) is 0 Å². The van der Waals surface area contributed by atoms with Gasteiger partial charge in [0.25, 0.3) is 0 Å². The fraction of sp³-hybridized carbons (Fsp3) is 0.750. The van der Waals surface area contributed by atoms with Crippen LogP contribution in [0.1, 0.15) is 13.8 Å². The van der Waals surface area contributed by atoms with Crippen molar-refractivity contribution in [3.8, 4) is 0 Å². The molecule has 0 rings (SSSR count). The van der Waals surface area contributed by atoms with E-state index >= 15 is 0 Å². The summed E-state index contributed by atoms with van der Waals surface area (Å²) in [6.45, 7) is 3.26. The Labute approximate surface area is 48.9 Å². The molecule has 0 saturated heterocycles. The Bertz CT molecular complexity index is 110. The highest BCUT2D eigenvalue weighted by molar-refractivity contribution is 7.58. The van der Waals surface area contributed by atoms with E-state index in [9.17, 15) is 9.36 Å². The van der Waals surface area contributed by atoms with Gasteiger partial charge >= 0.3 is 13.6 Å². The van der Waals surface area contributed by atoms with Crippen molar-refractivity contribution >= 4 is 13.6 Å². The first-order valence-electron chi connectivity index (χ1n) is 2.29. The summed E-state index contributed by atoms with van der Waals surface area (Å²) in [5.41, 5.74) is -0.401. The Morgan fingerprint density at radius 3 is 2.38 bits per heavy atom. The Hall–Kier alpha value is -0.270. The summed E-state index contributed by atoms with van der Waals surface area (Å²) < 4.78 is 14.8. The maximum Gasteiger partial charge on any atom is 0.587 e. The molecular formula is C4H8O3P+. The van der Waals surface area contributed by atoms with Crippen LogP contribution in [0, 0.1) is 0 Å². The predicted molar refractivity (Wildman–Crippen MR) is 29.9 cm³/mol. The van der Waals surface area contributed by atoms with E-state index in [0.29, 0.717) is 6.61 Å². The number of carbonyl (C=O) groups is 1. The van der Waals surface area contributed by atoms with Crippen LogP contribution in [0.3, 0.4) is 0 Å². The average Bonchev–Trinajstić information content (AvgIpc) is 1.67. The first-order chi connectivity index (χ1) is 3.68. The normalized spacial score (nSPS) is 11.0. The van der Waals surface area contributed by atoms with Crippen molar-refractivity contribution in [2.75, 3.05) is 6.61 Å². The molecule has 1 unspecified atom stereocenters. The van der Waals surface area contributed by atoms with Crippen LogP contribution in [0.5, 0.6) is 0 Å². The van der Waals surface area contributed by atoms with E-state index in [0.717, 1.165) is 0 Å². The number of rotatable bonds is 3. The Morgan fingerprint density at radius 2 is 2.25 bits per heavy atom. The molecule has 0 amide bonds. The molecule has 46 valence electrons. The maximum absolute atomic E-state index is 10.3. The van der Waals surface area contributed by atoms with Crippen LogP contribution in [-0.2, 0) is 13.9 Å². The zero-order valence-electron chi connectivity index (χ0n) is 4.88. The molecule has 8 heavy (non-hydrogen) atoms. The largest absolute Gasteiger partial charge is 0.587 e. The second-order valence-electron chi connectivity index (χ2n) is 1.19. The molecule has 0 spiro atoms. The van der Waals surface area contributed by atoms with Gasteiger partial charge in [-0.15, -0.1) is 4.52 Å². The van der Waals surface area contributed by atoms with Crippen LogP contribution >= 0.6 is 8.03 Å². The molecule has 0 saturated carbocycles. The molecule has 0 radical (unpaired) electrons. The van der Waals surface area contributed by atoms with Crippen molar-refractivity contribution in [1.29, 1.82) is 0 Å². The third-order valence-corrected chi connectivity index (χ3v) is 1.51. The van der Waals surface area contributed by atoms with E-state index in [4.69, 9.17) is 0 Å². The van der Waals surface area contributed by atoms with Gasteiger partial charge in [0, 0.05) is 6.92 Å². The highest BCUT2D eigenvalue weighted by atomic mass is 31.1. The van der Waals surface area contributed by atoms with Gasteiger partial charge in [-0.25, -0.2) is 4.79 Å². The van der Waals surface area contributed by atoms with Crippen molar-refractivity contribution in [2.45, 2.75) is 13.8 Å². The van der Waals surface area contributed by atoms with E-state index in [2.05, 4.69) is 4.52 Å². The molecule has 0 aromatic heterocycles. The lowest BCUT2D eigenvalue weighted by Gasteiger charge is -1.74. The molecule has 0 N–H and O–H groups in total. The molecule has 4 heteroatoms. The van der Waals surface area contributed by atoms with Crippen LogP contribution in [-0.4, -0.2) is 12.1 Å². The van der Waals surface area contributed by atoms with Gasteiger partial charge in [-0.3, -0.25) is 0 Å². The van der Waals surface area contributed by atoms with Gasteiger partial charge < -0.3 is 0 Å². The zero-order chi connectivity index (χ0) is 6.57. The Balaban J connectivity index is 3.49. The summed E-state index contributed by atoms with van der Waals surface area (Å²) >= 11 is 0. The topological polar surface area (TPSA) is 43.4 Å². The molecule has 3 nitrogen and oxygen atoms in total. The summed E-state index contributed by atoms with van der Waals surface area (Å²) in [6.07, 6.45) is 0. The average molecular weight is 135 g/mol. The highest BCUT2D eigenvalue weighted by Gasteiger charge is 2.23. The molecule has 0 aromatic carbocycles. The van der Waals surface area contributed by atoms with Gasteiger partial charge in [0.1, 0.15) is 6.61 Å². The number of carbonyl (C=O) groups excluding carboxylic acids is 1. The van der Waals surface area contributed by atoms with E-state index in [1.54, 1.807) is 6.92 Å². The standard InChI is InChI=1S/C4H8O3P/c1-3-7-8(6)4(2)5/h3H2,1-2H3/q+1. The van der Waals surface area contributed by atoms with E-state index in [1.807, 2.05) is 0 Å². The maximum atomic E-state index is 10.3. The van der Waals surface area contributed by atoms with Crippen molar-refractivity contribution in [1.82, 2.24) is 0 Å². The van der Waals surface area contributed by atoms with Gasteiger partial charge in [-0.05, 0) is 11.5 Å². The van der Waals surface area contributed by atoms with E-state index < -0.39 is 13.6 Å². The third-order valence-electron chi connectivity index (χ3n) is 0.503. The van der Waals surface area contributed by atoms with E-state index in [-0.39, 0.29) is 0 Å². The van der Waals surface area contributed by atoms with Gasteiger partial charge in [0.05, 0.1) is 0 Å². The van der Waals surface area contributed by atoms with Gasteiger partial charge in [-0.1, -0.05) is 0 Å². The molecular weight excluding hydrogens is 127 g/mol. The molecule has 0 aliphatic heterocycles. The van der Waals surface area contributed by atoms with Crippen LogP contribution in [0.2, 0.25) is 0 Å². The minimum Gasteiger partial charge on any atom is -0.237 e. The summed E-state index contributed by atoms with van der Waals surface area (Å²) in [7, 11) is -2.03. The minimum atomic E-state index is -2.03. The zero-order valence-corrected chi connectivity index (χ0v) is 5.77. The second-order valence-corrected chi connectivity index (χ2v) is 2.60. The fourth-order valence-corrected chi connectivity index (χ4v) is 0.624. The first kappa shape index (κ1) is 7.73. The van der Waals surface area contributed by atoms with Crippen molar-refractivity contribution in [3.63, 3.8) is 0 Å². The third kappa shape index (κ3) is 2.83. The number of hydrogen-bond acceptors (Lipinski definition) is 3. The second kappa shape index (κ2) is 3.70. The minimum absolute atomic E-state index is 0.328. The summed E-state index contributed by atoms with van der Waals surface area (Å²) in [5.74, 6) is 0. The fourth-order valence-electron chi connectivity index (χ4n) is 0.208. The number of hydrogen-bond donors (Lipinski definition) is 0. The Morgan fingerprint density at radius 1 is 1.75 bits per heavy atom. The highest BCUT2D eigenvalue weighted by Crippen LogP contribution is 2.21. The molecule has 1 atom stereocenters. The first-order valence-corrected chi connectivity index (χ1v) is 3.47. The molecule has 0 bridgehead atoms. The van der Waals surface area contributed by atoms with E-state index in [1.165, 1.54) is 6.92 Å². The van der Waals surface area contributed by atoms with Crippen LogP contribution < -0.4 is 0 Å². The van der Waals surface area contributed by atoms with Crippen molar-refractivity contribution < 1.29 is 13.9 Å². The summed E-state index contributed by atoms with van der Waals surface area (Å²) in [5, 5.41) is 0. The molecule has 0 aliphatic carbocycles. The van der Waals surface area contributed by atoms with Crippen molar-refractivity contribution in [2.24, 2.45) is 0 Å². The van der Waals surface area contributed by atoms with Gasteiger partial charge in [0.15, 0.2) is 0 Å². The summed E-state index contributed by atoms with van der Waals surface area (Å²) in [4.78, 5) is 10.1. The van der Waals surface area contributed by atoms with Crippen LogP contribution in [0.25, 0.3) is 0 Å². The lowest BCUT2D eigenvalue weighted by Crippen LogP contribution is -1.84. The molecule has 0 aromatic rings. The smallest absolute Gasteiger partial charge is 0.237 e. The van der Waals surface area contributed by atoms with Gasteiger partial charge in [0.2, 0.25) is 0 Å². The molecule has 0 aliphatic rings. The molecule has 0 heterocycles. The quantitative estimate of drug-likeness (QED) is 0.548. The predicted octanol–water partition coefficient (Wildman–Crippen LogP) is 1.31. The van der Waals surface area contributed by atoms with Crippen LogP contribution in [0.15, 0.2) is 0 Å². The SMILES string of the molecule is CCO[P+](=O)C(C)=O. The monoisotopic (exact) mass is 135 g/mol. The lowest BCUT2D eigenvalue weighted by atomic mass is 10.9. The molecule has 0 fully saturated rings. The van der Waals surface area contributed by atoms with Crippen LogP contribution in [0.4, 0.5) is 0 Å². The summed E-state index contributed by atoms with van der Waals surface area (Å²) in [6, 6.07) is 0. The van der Waals surface area contributed by atoms with Crippen molar-refractivity contribution in [3.05, 3.63) is 0 Å². The lowest BCUT2D eigenvalue weighted by molar-refractivity contribution is -0.110.